The summed E-state index contributed by atoms with van der Waals surface area (Å²) in [7, 11) is 0. The highest BCUT2D eigenvalue weighted by molar-refractivity contribution is 6.30. The summed E-state index contributed by atoms with van der Waals surface area (Å²) in [4.78, 5) is 13.9. The number of fused-ring (bicyclic) bond motifs is 1. The Morgan fingerprint density at radius 3 is 2.76 bits per heavy atom. The van der Waals surface area contributed by atoms with Crippen molar-refractivity contribution < 1.29 is 14.3 Å². The molecule has 0 saturated heterocycles. The third kappa shape index (κ3) is 4.45. The number of rotatable bonds is 6. The van der Waals surface area contributed by atoms with E-state index >= 15 is 0 Å². The average molecular weight is 360 g/mol. The molecule has 0 bridgehead atoms. The van der Waals surface area contributed by atoms with Crippen LogP contribution >= 0.6 is 11.6 Å². The maximum absolute atomic E-state index is 11.7. The molecule has 2 aromatic rings. The molecule has 1 atom stereocenters. The Morgan fingerprint density at radius 2 is 2.04 bits per heavy atom. The van der Waals surface area contributed by atoms with Crippen molar-refractivity contribution in [1.82, 2.24) is 0 Å². The Labute approximate surface area is 153 Å². The lowest BCUT2D eigenvalue weighted by atomic mass is 10.1. The van der Waals surface area contributed by atoms with Crippen molar-refractivity contribution in [3.8, 4) is 11.5 Å². The predicted molar refractivity (Wildman–Crippen MR) is 100 cm³/mol. The summed E-state index contributed by atoms with van der Waals surface area (Å²) in [6.45, 7) is 5.90. The molecular formula is C20H22ClNO3. The van der Waals surface area contributed by atoms with E-state index in [0.29, 0.717) is 17.2 Å². The minimum absolute atomic E-state index is 0.0624. The lowest BCUT2D eigenvalue weighted by Crippen LogP contribution is -2.39. The van der Waals surface area contributed by atoms with Crippen molar-refractivity contribution in [2.75, 3.05) is 24.6 Å². The van der Waals surface area contributed by atoms with Gasteiger partial charge in [-0.15, -0.1) is 0 Å². The second kappa shape index (κ2) is 7.79. The number of anilines is 1. The Hall–Kier alpha value is -2.20. The molecule has 1 aliphatic rings. The largest absolute Gasteiger partial charge is 0.494 e. The number of nitrogens with zero attached hydrogens (tertiary/aromatic N) is 1. The molecule has 132 valence electrons. The van der Waals surface area contributed by atoms with Gasteiger partial charge in [0.1, 0.15) is 17.6 Å². The van der Waals surface area contributed by atoms with E-state index in [1.54, 1.807) is 6.92 Å². The van der Waals surface area contributed by atoms with Crippen LogP contribution in [0, 0.1) is 0 Å². The first kappa shape index (κ1) is 17.6. The molecule has 0 radical (unpaired) electrons. The summed E-state index contributed by atoms with van der Waals surface area (Å²) in [5, 5.41) is 0.701. The number of benzene rings is 2. The topological polar surface area (TPSA) is 38.8 Å². The van der Waals surface area contributed by atoms with Crippen LogP contribution in [-0.4, -0.2) is 31.6 Å². The highest BCUT2D eigenvalue weighted by atomic mass is 35.5. The third-order valence-corrected chi connectivity index (χ3v) is 4.42. The fraction of sp³-hybridized carbons (Fsp3) is 0.350. The smallest absolute Gasteiger partial charge is 0.159 e. The van der Waals surface area contributed by atoms with Crippen LogP contribution in [0.2, 0.25) is 5.02 Å². The molecule has 0 saturated carbocycles. The van der Waals surface area contributed by atoms with Crippen LogP contribution in [0.15, 0.2) is 42.5 Å². The zero-order valence-corrected chi connectivity index (χ0v) is 15.3. The van der Waals surface area contributed by atoms with Crippen molar-refractivity contribution >= 4 is 23.1 Å². The van der Waals surface area contributed by atoms with Gasteiger partial charge in [-0.1, -0.05) is 11.6 Å². The molecule has 0 aliphatic carbocycles. The summed E-state index contributed by atoms with van der Waals surface area (Å²) in [6, 6.07) is 13.0. The second-order valence-corrected chi connectivity index (χ2v) is 6.71. The number of hydrogen-bond acceptors (Lipinski definition) is 4. The molecule has 3 rings (SSSR count). The van der Waals surface area contributed by atoms with E-state index in [2.05, 4.69) is 11.8 Å². The molecule has 0 fully saturated rings. The predicted octanol–water partition coefficient (Wildman–Crippen LogP) is 4.60. The molecule has 25 heavy (non-hydrogen) atoms. The summed E-state index contributed by atoms with van der Waals surface area (Å²) in [5.74, 6) is 1.72. The van der Waals surface area contributed by atoms with Crippen molar-refractivity contribution in [3.63, 3.8) is 0 Å². The van der Waals surface area contributed by atoms with Gasteiger partial charge in [-0.05, 0) is 62.7 Å². The first-order valence-corrected chi connectivity index (χ1v) is 8.85. The lowest BCUT2D eigenvalue weighted by molar-refractivity contribution is 0.101. The third-order valence-electron chi connectivity index (χ3n) is 4.17. The van der Waals surface area contributed by atoms with Crippen LogP contribution in [0.3, 0.4) is 0 Å². The molecular weight excluding hydrogens is 338 g/mol. The van der Waals surface area contributed by atoms with E-state index in [1.165, 1.54) is 0 Å². The van der Waals surface area contributed by atoms with Gasteiger partial charge in [0.05, 0.1) is 18.8 Å². The van der Waals surface area contributed by atoms with Crippen LogP contribution < -0.4 is 14.4 Å². The maximum atomic E-state index is 11.7. The number of carbonyl (C=O) groups excluding carboxylic acids is 1. The normalized spacial score (nSPS) is 16.1. The number of halogens is 1. The van der Waals surface area contributed by atoms with Crippen molar-refractivity contribution in [2.45, 2.75) is 26.4 Å². The second-order valence-electron chi connectivity index (χ2n) is 6.27. The van der Waals surface area contributed by atoms with Gasteiger partial charge >= 0.3 is 0 Å². The molecule has 2 aromatic carbocycles. The van der Waals surface area contributed by atoms with Crippen molar-refractivity contribution in [3.05, 3.63) is 53.1 Å². The van der Waals surface area contributed by atoms with Crippen LogP contribution in [-0.2, 0) is 0 Å². The van der Waals surface area contributed by atoms with Gasteiger partial charge in [0.25, 0.3) is 0 Å². The number of Topliss-reactive ketones (excluding diaryl/α,β-unsaturated/α-hetero) is 1. The van der Waals surface area contributed by atoms with Crippen molar-refractivity contribution in [1.29, 1.82) is 0 Å². The Kier molecular flexibility index (Phi) is 5.49. The number of hydrogen-bond donors (Lipinski definition) is 0. The highest BCUT2D eigenvalue weighted by Gasteiger charge is 2.23. The van der Waals surface area contributed by atoms with E-state index < -0.39 is 0 Å². The molecule has 1 aliphatic heterocycles. The van der Waals surface area contributed by atoms with E-state index in [1.807, 2.05) is 42.5 Å². The van der Waals surface area contributed by atoms with Gasteiger partial charge in [0.15, 0.2) is 5.78 Å². The molecule has 1 unspecified atom stereocenters. The molecule has 0 aromatic heterocycles. The average Bonchev–Trinajstić information content (AvgIpc) is 2.59. The fourth-order valence-corrected chi connectivity index (χ4v) is 3.06. The van der Waals surface area contributed by atoms with Gasteiger partial charge < -0.3 is 14.4 Å². The maximum Gasteiger partial charge on any atom is 0.159 e. The van der Waals surface area contributed by atoms with E-state index in [0.717, 1.165) is 36.7 Å². The summed E-state index contributed by atoms with van der Waals surface area (Å²) < 4.78 is 11.6. The Bertz CT molecular complexity index is 745. The van der Waals surface area contributed by atoms with Crippen LogP contribution in [0.5, 0.6) is 11.5 Å². The fourth-order valence-electron chi connectivity index (χ4n) is 2.93. The van der Waals surface area contributed by atoms with Crippen LogP contribution in [0.25, 0.3) is 0 Å². The van der Waals surface area contributed by atoms with E-state index in [-0.39, 0.29) is 11.9 Å². The number of ether oxygens (including phenoxy) is 2. The summed E-state index contributed by atoms with van der Waals surface area (Å²) >= 11 is 5.87. The molecule has 0 spiro atoms. The molecule has 1 heterocycles. The molecule has 0 N–H and O–H groups in total. The monoisotopic (exact) mass is 359 g/mol. The zero-order chi connectivity index (χ0) is 17.8. The summed E-state index contributed by atoms with van der Waals surface area (Å²) in [5.41, 5.74) is 1.69. The lowest BCUT2D eigenvalue weighted by Gasteiger charge is -2.35. The first-order valence-electron chi connectivity index (χ1n) is 8.48. The zero-order valence-electron chi connectivity index (χ0n) is 14.5. The first-order chi connectivity index (χ1) is 12.0. The SMILES string of the molecule is CC(=O)c1ccc2c(c1)N(CCCOc1ccc(Cl)cc1)CC(C)O2. The van der Waals surface area contributed by atoms with Crippen molar-refractivity contribution in [2.24, 2.45) is 0 Å². The van der Waals surface area contributed by atoms with Gasteiger partial charge in [-0.3, -0.25) is 4.79 Å². The standard InChI is InChI=1S/C20H22ClNO3/c1-14-13-22(10-3-11-24-18-7-5-17(21)6-8-18)19-12-16(15(2)23)4-9-20(19)25-14/h4-9,12,14H,3,10-11,13H2,1-2H3. The van der Waals surface area contributed by atoms with Gasteiger partial charge in [0, 0.05) is 17.1 Å². The van der Waals surface area contributed by atoms with E-state index in [4.69, 9.17) is 21.1 Å². The molecule has 4 nitrogen and oxygen atoms in total. The highest BCUT2D eigenvalue weighted by Crippen LogP contribution is 2.34. The van der Waals surface area contributed by atoms with Gasteiger partial charge in [0.2, 0.25) is 0 Å². The Balaban J connectivity index is 1.61. The van der Waals surface area contributed by atoms with Gasteiger partial charge in [-0.2, -0.15) is 0 Å². The van der Waals surface area contributed by atoms with Crippen LogP contribution in [0.1, 0.15) is 30.6 Å². The van der Waals surface area contributed by atoms with Gasteiger partial charge in [-0.25, -0.2) is 0 Å². The molecule has 0 amide bonds. The number of carbonyl (C=O) groups is 1. The Morgan fingerprint density at radius 1 is 1.28 bits per heavy atom. The van der Waals surface area contributed by atoms with Crippen LogP contribution in [0.4, 0.5) is 5.69 Å². The molecule has 5 heteroatoms. The number of ketones is 1. The quantitative estimate of drug-likeness (QED) is 0.558. The summed E-state index contributed by atoms with van der Waals surface area (Å²) in [6.07, 6.45) is 0.992. The minimum Gasteiger partial charge on any atom is -0.494 e. The minimum atomic E-state index is 0.0624. The van der Waals surface area contributed by atoms with E-state index in [9.17, 15) is 4.79 Å².